The lowest BCUT2D eigenvalue weighted by atomic mass is 10.1. The van der Waals surface area contributed by atoms with Crippen molar-refractivity contribution >= 4 is 5.91 Å². The topological polar surface area (TPSA) is 56.8 Å². The fourth-order valence-corrected chi connectivity index (χ4v) is 2.66. The Hall–Kier alpha value is -2.69. The Morgan fingerprint density at radius 2 is 1.70 bits per heavy atom. The third kappa shape index (κ3) is 6.51. The minimum atomic E-state index is -0.596. The smallest absolute Gasteiger partial charge is 0.260 e. The molecule has 27 heavy (non-hydrogen) atoms. The van der Waals surface area contributed by atoms with Crippen molar-refractivity contribution in [3.8, 4) is 17.2 Å². The molecule has 2 rings (SSSR count). The highest BCUT2D eigenvalue weighted by Gasteiger charge is 2.16. The SMILES string of the molecule is CCCOc1ccccc1CCCNC(=O)[C@@H](C)Oc1ccccc1OC. The van der Waals surface area contributed by atoms with Crippen molar-refractivity contribution in [1.82, 2.24) is 5.32 Å². The second-order valence-electron chi connectivity index (χ2n) is 6.26. The molecule has 5 nitrogen and oxygen atoms in total. The van der Waals surface area contributed by atoms with Crippen LogP contribution in [0.1, 0.15) is 32.3 Å². The van der Waals surface area contributed by atoms with Gasteiger partial charge >= 0.3 is 0 Å². The number of hydrogen-bond donors (Lipinski definition) is 1. The molecule has 2 aromatic carbocycles. The van der Waals surface area contributed by atoms with E-state index in [1.165, 1.54) is 5.56 Å². The average Bonchev–Trinajstić information content (AvgIpc) is 2.70. The van der Waals surface area contributed by atoms with Crippen LogP contribution in [0.2, 0.25) is 0 Å². The Labute approximate surface area is 161 Å². The highest BCUT2D eigenvalue weighted by molar-refractivity contribution is 5.80. The molecule has 1 N–H and O–H groups in total. The zero-order valence-corrected chi connectivity index (χ0v) is 16.4. The molecule has 0 aromatic heterocycles. The third-order valence-corrected chi connectivity index (χ3v) is 4.10. The summed E-state index contributed by atoms with van der Waals surface area (Å²) in [4.78, 5) is 12.3. The van der Waals surface area contributed by atoms with Crippen molar-refractivity contribution in [3.05, 3.63) is 54.1 Å². The summed E-state index contributed by atoms with van der Waals surface area (Å²) in [6, 6.07) is 15.4. The molecule has 0 unspecified atom stereocenters. The standard InChI is InChI=1S/C22H29NO4/c1-4-16-26-19-12-6-5-10-18(19)11-9-15-23-22(24)17(2)27-21-14-8-7-13-20(21)25-3/h5-8,10,12-14,17H,4,9,11,15-16H2,1-3H3,(H,23,24)/t17-/m1/s1. The Morgan fingerprint density at radius 3 is 2.41 bits per heavy atom. The van der Waals surface area contributed by atoms with Gasteiger partial charge in [0, 0.05) is 6.54 Å². The minimum absolute atomic E-state index is 0.142. The number of hydrogen-bond acceptors (Lipinski definition) is 4. The van der Waals surface area contributed by atoms with Gasteiger partial charge in [-0.15, -0.1) is 0 Å². The summed E-state index contributed by atoms with van der Waals surface area (Å²) in [5.41, 5.74) is 1.17. The van der Waals surface area contributed by atoms with Gasteiger partial charge in [0.15, 0.2) is 17.6 Å². The maximum Gasteiger partial charge on any atom is 0.260 e. The zero-order chi connectivity index (χ0) is 19.5. The van der Waals surface area contributed by atoms with E-state index >= 15 is 0 Å². The zero-order valence-electron chi connectivity index (χ0n) is 16.4. The molecule has 0 saturated carbocycles. The molecule has 0 aliphatic heterocycles. The van der Waals surface area contributed by atoms with E-state index in [2.05, 4.69) is 18.3 Å². The molecule has 5 heteroatoms. The van der Waals surface area contributed by atoms with Gasteiger partial charge in [0.05, 0.1) is 13.7 Å². The first-order valence-electron chi connectivity index (χ1n) is 9.43. The summed E-state index contributed by atoms with van der Waals surface area (Å²) in [6.45, 7) is 5.12. The van der Waals surface area contributed by atoms with Crippen LogP contribution in [0.4, 0.5) is 0 Å². The molecular formula is C22H29NO4. The van der Waals surface area contributed by atoms with Crippen LogP contribution in [0.5, 0.6) is 17.2 Å². The number of aryl methyl sites for hydroxylation is 1. The molecule has 0 bridgehead atoms. The summed E-state index contributed by atoms with van der Waals surface area (Å²) in [5, 5.41) is 2.93. The Bertz CT molecular complexity index is 717. The van der Waals surface area contributed by atoms with Crippen molar-refractivity contribution in [1.29, 1.82) is 0 Å². The summed E-state index contributed by atoms with van der Waals surface area (Å²) in [6.07, 6.45) is 2.07. The van der Waals surface area contributed by atoms with Crippen molar-refractivity contribution in [2.45, 2.75) is 39.2 Å². The highest BCUT2D eigenvalue weighted by atomic mass is 16.5. The van der Waals surface area contributed by atoms with E-state index in [0.29, 0.717) is 24.7 Å². The van der Waals surface area contributed by atoms with Crippen molar-refractivity contribution < 1.29 is 19.0 Å². The monoisotopic (exact) mass is 371 g/mol. The predicted molar refractivity (Wildman–Crippen MR) is 107 cm³/mol. The number of nitrogens with one attached hydrogen (secondary N) is 1. The van der Waals surface area contributed by atoms with E-state index in [-0.39, 0.29) is 5.91 Å². The van der Waals surface area contributed by atoms with Crippen molar-refractivity contribution in [2.75, 3.05) is 20.3 Å². The Morgan fingerprint density at radius 1 is 1.04 bits per heavy atom. The van der Waals surface area contributed by atoms with Crippen molar-refractivity contribution in [3.63, 3.8) is 0 Å². The molecule has 0 heterocycles. The lowest BCUT2D eigenvalue weighted by Gasteiger charge is -2.16. The number of carbonyl (C=O) groups excluding carboxylic acids is 1. The molecule has 2 aromatic rings. The molecule has 0 saturated heterocycles. The fourth-order valence-electron chi connectivity index (χ4n) is 2.66. The van der Waals surface area contributed by atoms with E-state index in [1.54, 1.807) is 26.2 Å². The number of methoxy groups -OCH3 is 1. The number of para-hydroxylation sites is 3. The molecule has 146 valence electrons. The molecule has 0 radical (unpaired) electrons. The van der Waals surface area contributed by atoms with Gasteiger partial charge in [-0.3, -0.25) is 4.79 Å². The first-order valence-corrected chi connectivity index (χ1v) is 9.43. The van der Waals surface area contributed by atoms with E-state index in [9.17, 15) is 4.79 Å². The Kier molecular flexibility index (Phi) is 8.49. The largest absolute Gasteiger partial charge is 0.493 e. The quantitative estimate of drug-likeness (QED) is 0.607. The number of rotatable bonds is 11. The van der Waals surface area contributed by atoms with E-state index in [4.69, 9.17) is 14.2 Å². The van der Waals surface area contributed by atoms with Crippen LogP contribution in [0.3, 0.4) is 0 Å². The van der Waals surface area contributed by atoms with Crippen LogP contribution in [-0.2, 0) is 11.2 Å². The second kappa shape index (κ2) is 11.1. The number of benzene rings is 2. The molecule has 0 aliphatic rings. The van der Waals surface area contributed by atoms with Gasteiger partial charge in [0.25, 0.3) is 5.91 Å². The normalized spacial score (nSPS) is 11.5. The van der Waals surface area contributed by atoms with Gasteiger partial charge in [-0.25, -0.2) is 0 Å². The van der Waals surface area contributed by atoms with Gasteiger partial charge in [0.1, 0.15) is 5.75 Å². The maximum atomic E-state index is 12.3. The Balaban J connectivity index is 1.77. The van der Waals surface area contributed by atoms with Gasteiger partial charge in [-0.05, 0) is 49.9 Å². The summed E-state index contributed by atoms with van der Waals surface area (Å²) >= 11 is 0. The van der Waals surface area contributed by atoms with Crippen LogP contribution in [0, 0.1) is 0 Å². The van der Waals surface area contributed by atoms with Crippen LogP contribution in [0.15, 0.2) is 48.5 Å². The summed E-state index contributed by atoms with van der Waals surface area (Å²) < 4.78 is 16.7. The van der Waals surface area contributed by atoms with Crippen LogP contribution >= 0.6 is 0 Å². The molecule has 0 fully saturated rings. The summed E-state index contributed by atoms with van der Waals surface area (Å²) in [7, 11) is 1.58. The molecule has 0 aliphatic carbocycles. The van der Waals surface area contributed by atoms with Crippen LogP contribution < -0.4 is 19.5 Å². The number of amides is 1. The van der Waals surface area contributed by atoms with Crippen LogP contribution in [0.25, 0.3) is 0 Å². The van der Waals surface area contributed by atoms with E-state index in [1.807, 2.05) is 30.3 Å². The first-order chi connectivity index (χ1) is 13.2. The van der Waals surface area contributed by atoms with Gasteiger partial charge < -0.3 is 19.5 Å². The summed E-state index contributed by atoms with van der Waals surface area (Å²) in [5.74, 6) is 1.96. The molecule has 1 atom stereocenters. The maximum absolute atomic E-state index is 12.3. The predicted octanol–water partition coefficient (Wildman–Crippen LogP) is 4.00. The number of carbonyl (C=O) groups is 1. The third-order valence-electron chi connectivity index (χ3n) is 4.10. The van der Waals surface area contributed by atoms with E-state index in [0.717, 1.165) is 25.0 Å². The van der Waals surface area contributed by atoms with E-state index < -0.39 is 6.10 Å². The van der Waals surface area contributed by atoms with Gasteiger partial charge in [-0.1, -0.05) is 37.3 Å². The average molecular weight is 371 g/mol. The lowest BCUT2D eigenvalue weighted by molar-refractivity contribution is -0.127. The highest BCUT2D eigenvalue weighted by Crippen LogP contribution is 2.26. The molecule has 1 amide bonds. The second-order valence-corrected chi connectivity index (χ2v) is 6.26. The fraction of sp³-hybridized carbons (Fsp3) is 0.409. The number of ether oxygens (including phenoxy) is 3. The first kappa shape index (κ1) is 20.6. The molecule has 0 spiro atoms. The lowest BCUT2D eigenvalue weighted by Crippen LogP contribution is -2.37. The molecular weight excluding hydrogens is 342 g/mol. The van der Waals surface area contributed by atoms with Crippen molar-refractivity contribution in [2.24, 2.45) is 0 Å². The van der Waals surface area contributed by atoms with Gasteiger partial charge in [0.2, 0.25) is 0 Å². The van der Waals surface area contributed by atoms with Gasteiger partial charge in [-0.2, -0.15) is 0 Å². The minimum Gasteiger partial charge on any atom is -0.493 e. The van der Waals surface area contributed by atoms with Crippen LogP contribution in [-0.4, -0.2) is 32.3 Å².